The Balaban J connectivity index is 4.22. The molecule has 0 radical (unpaired) electrons. The van der Waals surface area contributed by atoms with Gasteiger partial charge in [0.05, 0.1) is 6.54 Å². The second-order valence-corrected chi connectivity index (χ2v) is 2.44. The van der Waals surface area contributed by atoms with Gasteiger partial charge in [0.25, 0.3) is 0 Å². The lowest BCUT2D eigenvalue weighted by atomic mass is 10.3. The summed E-state index contributed by atoms with van der Waals surface area (Å²) in [5.74, 6) is -4.61. The van der Waals surface area contributed by atoms with Gasteiger partial charge in [-0.1, -0.05) is 0 Å². The third-order valence-electron chi connectivity index (χ3n) is 0.930. The van der Waals surface area contributed by atoms with Crippen LogP contribution < -0.4 is 0 Å². The smallest absolute Gasteiger partial charge is 0.303 e. The van der Waals surface area contributed by atoms with Crippen LogP contribution in [-0.4, -0.2) is 37.6 Å². The van der Waals surface area contributed by atoms with E-state index < -0.39 is 18.6 Å². The van der Waals surface area contributed by atoms with Crippen molar-refractivity contribution in [3.8, 4) is 0 Å². The second kappa shape index (κ2) is 2.92. The van der Waals surface area contributed by atoms with Crippen LogP contribution in [0, 0.1) is 0 Å². The molecule has 68 valence electrons. The lowest BCUT2D eigenvalue weighted by molar-refractivity contribution is -0.284. The van der Waals surface area contributed by atoms with E-state index in [4.69, 9.17) is 0 Å². The summed E-state index contributed by atoms with van der Waals surface area (Å²) in [7, 11) is 2.30. The van der Waals surface area contributed by atoms with E-state index in [2.05, 4.69) is 0 Å². The molecule has 0 aliphatic heterocycles. The van der Waals surface area contributed by atoms with Gasteiger partial charge in [-0.15, -0.1) is 0 Å². The van der Waals surface area contributed by atoms with E-state index in [9.17, 15) is 22.0 Å². The second-order valence-electron chi connectivity index (χ2n) is 2.44. The molecular formula is C5H8F5N. The Bertz CT molecular complexity index is 127. The van der Waals surface area contributed by atoms with Crippen molar-refractivity contribution in [3.05, 3.63) is 0 Å². The van der Waals surface area contributed by atoms with Crippen LogP contribution in [0.4, 0.5) is 22.0 Å². The Morgan fingerprint density at radius 2 is 1.36 bits per heavy atom. The highest BCUT2D eigenvalue weighted by Crippen LogP contribution is 2.35. The van der Waals surface area contributed by atoms with Gasteiger partial charge in [0, 0.05) is 0 Å². The highest BCUT2D eigenvalue weighted by molar-refractivity contribution is 4.77. The summed E-state index contributed by atoms with van der Waals surface area (Å²) in [6, 6.07) is 0. The average Bonchev–Trinajstić information content (AvgIpc) is 1.56. The zero-order chi connectivity index (χ0) is 9.28. The molecule has 0 saturated heterocycles. The normalized spacial score (nSPS) is 14.2. The summed E-state index contributed by atoms with van der Waals surface area (Å²) in [6.07, 6.45) is -5.45. The molecule has 0 aliphatic rings. The molecule has 0 fully saturated rings. The highest BCUT2D eigenvalue weighted by Gasteiger charge is 2.57. The van der Waals surface area contributed by atoms with Crippen LogP contribution >= 0.6 is 0 Å². The lowest BCUT2D eigenvalue weighted by Gasteiger charge is -2.22. The largest absolute Gasteiger partial charge is 0.454 e. The van der Waals surface area contributed by atoms with Crippen LogP contribution in [0.5, 0.6) is 0 Å². The molecule has 0 unspecified atom stereocenters. The molecule has 0 saturated carbocycles. The maximum Gasteiger partial charge on any atom is 0.454 e. The van der Waals surface area contributed by atoms with Crippen molar-refractivity contribution >= 4 is 0 Å². The molecule has 1 nitrogen and oxygen atoms in total. The van der Waals surface area contributed by atoms with Gasteiger partial charge in [-0.2, -0.15) is 22.0 Å². The zero-order valence-electron chi connectivity index (χ0n) is 6.04. The molecule has 0 bridgehead atoms. The molecule has 6 heteroatoms. The SMILES string of the molecule is CN(C)CC(F)(F)C(F)(F)F. The predicted octanol–water partition coefficient (Wildman–Crippen LogP) is 1.75. The number of nitrogens with zero attached hydrogens (tertiary/aromatic N) is 1. The minimum atomic E-state index is -5.45. The number of hydrogen-bond donors (Lipinski definition) is 0. The lowest BCUT2D eigenvalue weighted by Crippen LogP contribution is -2.44. The molecular weight excluding hydrogens is 169 g/mol. The van der Waals surface area contributed by atoms with Crippen molar-refractivity contribution in [2.45, 2.75) is 12.1 Å². The summed E-state index contributed by atoms with van der Waals surface area (Å²) < 4.78 is 58.3. The molecule has 0 aromatic carbocycles. The van der Waals surface area contributed by atoms with Crippen LogP contribution in [0.25, 0.3) is 0 Å². The monoisotopic (exact) mass is 177 g/mol. The summed E-state index contributed by atoms with van der Waals surface area (Å²) in [6.45, 7) is -1.31. The highest BCUT2D eigenvalue weighted by atomic mass is 19.4. The zero-order valence-corrected chi connectivity index (χ0v) is 6.04. The minimum Gasteiger partial charge on any atom is -0.303 e. The summed E-state index contributed by atoms with van der Waals surface area (Å²) in [5.41, 5.74) is 0. The first-order valence-corrected chi connectivity index (χ1v) is 2.76. The predicted molar refractivity (Wildman–Crippen MR) is 29.6 cm³/mol. The van der Waals surface area contributed by atoms with E-state index in [1.54, 1.807) is 0 Å². The van der Waals surface area contributed by atoms with Gasteiger partial charge in [0.15, 0.2) is 0 Å². The molecule has 0 N–H and O–H groups in total. The quantitative estimate of drug-likeness (QED) is 0.581. The van der Waals surface area contributed by atoms with E-state index in [1.807, 2.05) is 0 Å². The maximum absolute atomic E-state index is 12.0. The summed E-state index contributed by atoms with van der Waals surface area (Å²) in [5, 5.41) is 0. The van der Waals surface area contributed by atoms with E-state index in [0.29, 0.717) is 0 Å². The fourth-order valence-electron chi connectivity index (χ4n) is 0.487. The van der Waals surface area contributed by atoms with E-state index in [-0.39, 0.29) is 0 Å². The number of halogens is 5. The van der Waals surface area contributed by atoms with Crippen molar-refractivity contribution in [1.82, 2.24) is 4.90 Å². The van der Waals surface area contributed by atoms with Crippen LogP contribution in [0.2, 0.25) is 0 Å². The molecule has 11 heavy (non-hydrogen) atoms. The van der Waals surface area contributed by atoms with Crippen molar-refractivity contribution in [2.24, 2.45) is 0 Å². The summed E-state index contributed by atoms with van der Waals surface area (Å²) in [4.78, 5) is 0.785. The Morgan fingerprint density at radius 1 is 1.00 bits per heavy atom. The van der Waals surface area contributed by atoms with E-state index in [1.165, 1.54) is 0 Å². The Labute approximate surface area is 60.8 Å². The van der Waals surface area contributed by atoms with Crippen molar-refractivity contribution in [1.29, 1.82) is 0 Å². The Kier molecular flexibility index (Phi) is 2.82. The fraction of sp³-hybridized carbons (Fsp3) is 1.00. The number of alkyl halides is 5. The molecule has 0 heterocycles. The van der Waals surface area contributed by atoms with Gasteiger partial charge in [-0.25, -0.2) is 0 Å². The number of rotatable bonds is 2. The van der Waals surface area contributed by atoms with Gasteiger partial charge in [-0.3, -0.25) is 0 Å². The van der Waals surface area contributed by atoms with Crippen molar-refractivity contribution in [3.63, 3.8) is 0 Å². The third-order valence-corrected chi connectivity index (χ3v) is 0.930. The standard InChI is InChI=1S/C5H8F5N/c1-11(2)3-4(6,7)5(8,9)10/h3H2,1-2H3. The Morgan fingerprint density at radius 3 is 1.45 bits per heavy atom. The van der Waals surface area contributed by atoms with Gasteiger partial charge < -0.3 is 4.90 Å². The van der Waals surface area contributed by atoms with Crippen LogP contribution in [0.3, 0.4) is 0 Å². The van der Waals surface area contributed by atoms with E-state index in [0.717, 1.165) is 19.0 Å². The average molecular weight is 177 g/mol. The van der Waals surface area contributed by atoms with Crippen LogP contribution in [0.15, 0.2) is 0 Å². The fourth-order valence-corrected chi connectivity index (χ4v) is 0.487. The van der Waals surface area contributed by atoms with Crippen LogP contribution in [-0.2, 0) is 0 Å². The summed E-state index contributed by atoms with van der Waals surface area (Å²) >= 11 is 0. The van der Waals surface area contributed by atoms with Gasteiger partial charge in [0.2, 0.25) is 0 Å². The topological polar surface area (TPSA) is 3.24 Å². The van der Waals surface area contributed by atoms with Crippen molar-refractivity contribution in [2.75, 3.05) is 20.6 Å². The third kappa shape index (κ3) is 3.00. The first-order valence-electron chi connectivity index (χ1n) is 2.76. The first-order chi connectivity index (χ1) is 4.67. The van der Waals surface area contributed by atoms with Crippen molar-refractivity contribution < 1.29 is 22.0 Å². The maximum atomic E-state index is 12.0. The minimum absolute atomic E-state index is 0.785. The molecule has 0 aliphatic carbocycles. The van der Waals surface area contributed by atoms with Gasteiger partial charge in [0.1, 0.15) is 0 Å². The molecule has 0 aromatic rings. The molecule has 0 spiro atoms. The molecule has 0 amide bonds. The molecule has 0 rings (SSSR count). The van der Waals surface area contributed by atoms with Gasteiger partial charge >= 0.3 is 12.1 Å². The number of hydrogen-bond acceptors (Lipinski definition) is 1. The molecule has 0 atom stereocenters. The molecule has 0 aromatic heterocycles. The first kappa shape index (κ1) is 10.6. The Hall–Kier alpha value is -0.390. The van der Waals surface area contributed by atoms with Crippen LogP contribution in [0.1, 0.15) is 0 Å². The van der Waals surface area contributed by atoms with E-state index >= 15 is 0 Å². The van der Waals surface area contributed by atoms with Gasteiger partial charge in [-0.05, 0) is 14.1 Å².